The minimum absolute atomic E-state index is 0.243. The molecular formula is C23H33Cl2N3O. The smallest absolute Gasteiger partial charge is 0.320 e. The summed E-state index contributed by atoms with van der Waals surface area (Å²) in [5.74, 6) is 0.656. The molecule has 3 aliphatic rings. The zero-order valence-corrected chi connectivity index (χ0v) is 19.0. The maximum atomic E-state index is 12.8. The van der Waals surface area contributed by atoms with Crippen molar-refractivity contribution in [3.63, 3.8) is 0 Å². The van der Waals surface area contributed by atoms with E-state index in [1.165, 1.54) is 50.5 Å². The second kappa shape index (κ2) is 9.45. The molecule has 1 aliphatic carbocycles. The molecule has 1 saturated carbocycles. The Morgan fingerprint density at radius 2 is 1.76 bits per heavy atom. The molecule has 1 aromatic rings. The van der Waals surface area contributed by atoms with Crippen LogP contribution in [-0.2, 0) is 6.42 Å². The zero-order chi connectivity index (χ0) is 20.4. The number of benzene rings is 1. The Kier molecular flexibility index (Phi) is 6.93. The number of carbonyl (C=O) groups excluding carboxylic acids is 1. The monoisotopic (exact) mass is 437 g/mol. The van der Waals surface area contributed by atoms with Crippen molar-refractivity contribution in [3.8, 4) is 0 Å². The topological polar surface area (TPSA) is 26.8 Å². The van der Waals surface area contributed by atoms with E-state index < -0.39 is 0 Å². The molecule has 0 radical (unpaired) electrons. The van der Waals surface area contributed by atoms with Crippen LogP contribution in [0.3, 0.4) is 0 Å². The Morgan fingerprint density at radius 3 is 2.48 bits per heavy atom. The van der Waals surface area contributed by atoms with Crippen LogP contribution in [0.5, 0.6) is 0 Å². The van der Waals surface area contributed by atoms with Gasteiger partial charge in [0, 0.05) is 36.2 Å². The van der Waals surface area contributed by atoms with Crippen LogP contribution in [-0.4, -0.2) is 66.0 Å². The highest BCUT2D eigenvalue weighted by molar-refractivity contribution is 6.33. The number of halogens is 2. The molecule has 0 N–H and O–H groups in total. The molecule has 2 heterocycles. The maximum absolute atomic E-state index is 12.8. The molecule has 0 aromatic heterocycles. The van der Waals surface area contributed by atoms with E-state index >= 15 is 0 Å². The Hall–Kier alpha value is -0.970. The number of amides is 2. The fraction of sp³-hybridized carbons (Fsp3) is 0.696. The van der Waals surface area contributed by atoms with Crippen molar-refractivity contribution < 1.29 is 4.79 Å². The Bertz CT molecular complexity index is 714. The fourth-order valence-corrected chi connectivity index (χ4v) is 5.74. The third kappa shape index (κ3) is 5.03. The average molecular weight is 438 g/mol. The first-order valence-electron chi connectivity index (χ1n) is 11.2. The highest BCUT2D eigenvalue weighted by atomic mass is 35.5. The summed E-state index contributed by atoms with van der Waals surface area (Å²) in [5, 5.41) is 1.59. The number of likely N-dealkylation sites (tertiary alicyclic amines) is 1. The predicted octanol–water partition coefficient (Wildman–Crippen LogP) is 5.32. The van der Waals surface area contributed by atoms with Crippen LogP contribution in [0.1, 0.15) is 50.5 Å². The number of hydrogen-bond donors (Lipinski definition) is 0. The van der Waals surface area contributed by atoms with Crippen LogP contribution in [0, 0.1) is 5.92 Å². The van der Waals surface area contributed by atoms with Gasteiger partial charge in [-0.1, -0.05) is 42.5 Å². The summed E-state index contributed by atoms with van der Waals surface area (Å²) in [5.41, 5.74) is 1.17. The van der Waals surface area contributed by atoms with Crippen LogP contribution in [0.2, 0.25) is 10.0 Å². The SMILES string of the molecule is CN1C(=O)N(C2CCCCC2)CC1CN1CCC(Cc2cc(Cl)ccc2Cl)CC1. The molecule has 160 valence electrons. The second-order valence-corrected chi connectivity index (χ2v) is 10.0. The summed E-state index contributed by atoms with van der Waals surface area (Å²) >= 11 is 12.5. The van der Waals surface area contributed by atoms with Crippen LogP contribution >= 0.6 is 23.2 Å². The van der Waals surface area contributed by atoms with Crippen LogP contribution < -0.4 is 0 Å². The van der Waals surface area contributed by atoms with Crippen LogP contribution in [0.4, 0.5) is 4.79 Å². The molecule has 1 atom stereocenters. The second-order valence-electron chi connectivity index (χ2n) is 9.18. The number of nitrogens with zero attached hydrogens (tertiary/aromatic N) is 3. The summed E-state index contributed by atoms with van der Waals surface area (Å²) in [6.07, 6.45) is 9.60. The molecule has 4 rings (SSSR count). The lowest BCUT2D eigenvalue weighted by Gasteiger charge is -2.34. The van der Waals surface area contributed by atoms with E-state index in [4.69, 9.17) is 23.2 Å². The van der Waals surface area contributed by atoms with Gasteiger partial charge < -0.3 is 14.7 Å². The van der Waals surface area contributed by atoms with Crippen molar-refractivity contribution >= 4 is 29.2 Å². The first kappa shape index (κ1) is 21.3. The number of likely N-dealkylation sites (N-methyl/N-ethyl adjacent to an activating group) is 1. The summed E-state index contributed by atoms with van der Waals surface area (Å²) in [7, 11) is 1.99. The molecule has 0 bridgehead atoms. The minimum atomic E-state index is 0.243. The lowest BCUT2D eigenvalue weighted by Crippen LogP contribution is -2.44. The van der Waals surface area contributed by atoms with Gasteiger partial charge in [-0.2, -0.15) is 0 Å². The molecule has 2 aliphatic heterocycles. The average Bonchev–Trinajstić information content (AvgIpc) is 3.01. The van der Waals surface area contributed by atoms with E-state index in [-0.39, 0.29) is 6.03 Å². The highest BCUT2D eigenvalue weighted by Crippen LogP contribution is 2.30. The van der Waals surface area contributed by atoms with Crippen molar-refractivity contribution in [1.82, 2.24) is 14.7 Å². The van der Waals surface area contributed by atoms with Gasteiger partial charge in [0.25, 0.3) is 0 Å². The summed E-state index contributed by atoms with van der Waals surface area (Å²) in [6.45, 7) is 4.10. The van der Waals surface area contributed by atoms with Gasteiger partial charge in [-0.25, -0.2) is 4.79 Å². The third-order valence-electron chi connectivity index (χ3n) is 7.21. The lowest BCUT2D eigenvalue weighted by molar-refractivity contribution is 0.149. The van der Waals surface area contributed by atoms with Gasteiger partial charge in [0.2, 0.25) is 0 Å². The van der Waals surface area contributed by atoms with E-state index in [2.05, 4.69) is 9.80 Å². The van der Waals surface area contributed by atoms with E-state index in [1.807, 2.05) is 30.1 Å². The van der Waals surface area contributed by atoms with Gasteiger partial charge >= 0.3 is 6.03 Å². The van der Waals surface area contributed by atoms with Gasteiger partial charge in [0.05, 0.1) is 6.04 Å². The molecule has 2 saturated heterocycles. The quantitative estimate of drug-likeness (QED) is 0.623. The van der Waals surface area contributed by atoms with E-state index in [0.717, 1.165) is 42.6 Å². The number of rotatable bonds is 5. The van der Waals surface area contributed by atoms with Crippen molar-refractivity contribution in [1.29, 1.82) is 0 Å². The number of urea groups is 1. The fourth-order valence-electron chi connectivity index (χ4n) is 5.35. The Labute approximate surface area is 185 Å². The van der Waals surface area contributed by atoms with Crippen LogP contribution in [0.15, 0.2) is 18.2 Å². The number of hydrogen-bond acceptors (Lipinski definition) is 2. The normalized spacial score (nSPS) is 25.2. The molecule has 29 heavy (non-hydrogen) atoms. The largest absolute Gasteiger partial charge is 0.322 e. The van der Waals surface area contributed by atoms with Gasteiger partial charge in [-0.15, -0.1) is 0 Å². The molecule has 4 nitrogen and oxygen atoms in total. The van der Waals surface area contributed by atoms with Gasteiger partial charge in [-0.3, -0.25) is 0 Å². The van der Waals surface area contributed by atoms with E-state index in [1.54, 1.807) is 0 Å². The summed E-state index contributed by atoms with van der Waals surface area (Å²) < 4.78 is 0. The first-order valence-corrected chi connectivity index (χ1v) is 12.0. The van der Waals surface area contributed by atoms with Crippen LogP contribution in [0.25, 0.3) is 0 Å². The first-order chi connectivity index (χ1) is 14.0. The zero-order valence-electron chi connectivity index (χ0n) is 17.5. The molecule has 0 spiro atoms. The van der Waals surface area contributed by atoms with E-state index in [0.29, 0.717) is 18.0 Å². The van der Waals surface area contributed by atoms with E-state index in [9.17, 15) is 4.79 Å². The predicted molar refractivity (Wildman–Crippen MR) is 120 cm³/mol. The van der Waals surface area contributed by atoms with Crippen molar-refractivity contribution in [2.75, 3.05) is 33.2 Å². The highest BCUT2D eigenvalue weighted by Gasteiger charge is 2.39. The maximum Gasteiger partial charge on any atom is 0.320 e. The van der Waals surface area contributed by atoms with Gasteiger partial charge in [0.1, 0.15) is 0 Å². The molecular weight excluding hydrogens is 405 g/mol. The number of piperidine rings is 1. The minimum Gasteiger partial charge on any atom is -0.322 e. The third-order valence-corrected chi connectivity index (χ3v) is 7.81. The summed E-state index contributed by atoms with van der Waals surface area (Å²) in [6, 6.07) is 6.80. The molecule has 2 amide bonds. The molecule has 1 aromatic carbocycles. The Morgan fingerprint density at radius 1 is 1.03 bits per heavy atom. The molecule has 1 unspecified atom stereocenters. The lowest BCUT2D eigenvalue weighted by atomic mass is 9.90. The number of carbonyl (C=O) groups is 1. The summed E-state index contributed by atoms with van der Waals surface area (Å²) in [4.78, 5) is 19.5. The van der Waals surface area contributed by atoms with Crippen molar-refractivity contribution in [2.24, 2.45) is 5.92 Å². The standard InChI is InChI=1S/C23H33Cl2N3O/c1-26-21(16-28(23(26)29)20-5-3-2-4-6-20)15-27-11-9-17(10-12-27)13-18-14-19(24)7-8-22(18)25/h7-8,14,17,20-21H,2-6,9-13,15-16H2,1H3. The van der Waals surface area contributed by atoms with Gasteiger partial charge in [-0.05, 0) is 74.9 Å². The van der Waals surface area contributed by atoms with Gasteiger partial charge in [0.15, 0.2) is 0 Å². The Balaban J connectivity index is 1.27. The molecule has 6 heteroatoms. The van der Waals surface area contributed by atoms with Crippen molar-refractivity contribution in [2.45, 2.75) is 63.5 Å². The van der Waals surface area contributed by atoms with Crippen molar-refractivity contribution in [3.05, 3.63) is 33.8 Å². The molecule has 3 fully saturated rings.